The number of nitrogens with zero attached hydrogens (tertiary/aromatic N) is 3. The molecule has 1 heterocycles. The van der Waals surface area contributed by atoms with Crippen molar-refractivity contribution in [2.75, 3.05) is 39.5 Å². The number of ether oxygens (including phenoxy) is 3. The van der Waals surface area contributed by atoms with Gasteiger partial charge in [0.1, 0.15) is 17.2 Å². The highest BCUT2D eigenvalue weighted by Crippen LogP contribution is 2.35. The first-order valence-corrected chi connectivity index (χ1v) is 9.53. The molecule has 1 fully saturated rings. The fourth-order valence-electron chi connectivity index (χ4n) is 2.78. The highest BCUT2D eigenvalue weighted by atomic mass is 35.5. The number of hydrogen-bond donors (Lipinski definition) is 0. The molecule has 25 heavy (non-hydrogen) atoms. The number of halogens is 1. The van der Waals surface area contributed by atoms with E-state index < -0.39 is 0 Å². The number of morpholine rings is 1. The SMILES string of the molecule is CCCCOC1=C(N2CCOCC2)C(Cl)=C(OCCCC)C(=[N+]=[N-])C1. The highest BCUT2D eigenvalue weighted by Gasteiger charge is 2.36. The molecule has 0 aromatic rings. The molecule has 2 aliphatic rings. The van der Waals surface area contributed by atoms with Crippen LogP contribution in [0.4, 0.5) is 0 Å². The molecule has 0 saturated carbocycles. The Hall–Kier alpha value is -1.49. The molecule has 0 amide bonds. The number of unbranched alkanes of at least 4 members (excludes halogenated alkanes) is 2. The van der Waals surface area contributed by atoms with Crippen LogP contribution in [0.25, 0.3) is 5.53 Å². The van der Waals surface area contributed by atoms with Crippen LogP contribution in [-0.4, -0.2) is 54.9 Å². The van der Waals surface area contributed by atoms with Gasteiger partial charge in [0.2, 0.25) is 5.76 Å². The van der Waals surface area contributed by atoms with Gasteiger partial charge >= 0.3 is 5.71 Å². The summed E-state index contributed by atoms with van der Waals surface area (Å²) in [5.41, 5.74) is 10.7. The summed E-state index contributed by atoms with van der Waals surface area (Å²) < 4.78 is 17.3. The van der Waals surface area contributed by atoms with Crippen LogP contribution in [0.15, 0.2) is 22.2 Å². The summed E-state index contributed by atoms with van der Waals surface area (Å²) in [5, 5.41) is 0.462. The van der Waals surface area contributed by atoms with Gasteiger partial charge in [-0.25, -0.2) is 0 Å². The van der Waals surface area contributed by atoms with E-state index in [-0.39, 0.29) is 0 Å². The first kappa shape index (κ1) is 19.8. The normalized spacial score (nSPS) is 18.5. The summed E-state index contributed by atoms with van der Waals surface area (Å²) in [6.45, 7) is 8.19. The first-order valence-electron chi connectivity index (χ1n) is 9.15. The van der Waals surface area contributed by atoms with E-state index in [1.165, 1.54) is 0 Å². The van der Waals surface area contributed by atoms with Crippen LogP contribution in [0.5, 0.6) is 0 Å². The molecule has 0 radical (unpaired) electrons. The van der Waals surface area contributed by atoms with Crippen LogP contribution in [0.1, 0.15) is 46.0 Å². The lowest BCUT2D eigenvalue weighted by molar-refractivity contribution is -0.0146. The smallest absolute Gasteiger partial charge is 0.342 e. The standard InChI is InChI=1S/C18H28ClN3O3/c1-3-5-9-24-15-13-14(21-20)18(25-10-6-4-2)16(19)17(15)22-7-11-23-12-8-22/h3-13H2,1-2H3. The van der Waals surface area contributed by atoms with Crippen LogP contribution in [0.3, 0.4) is 0 Å². The molecule has 0 spiro atoms. The van der Waals surface area contributed by atoms with Gasteiger partial charge in [-0.3, -0.25) is 0 Å². The number of hydrogen-bond acceptors (Lipinski definition) is 4. The maximum atomic E-state index is 9.43. The molecule has 7 heteroatoms. The van der Waals surface area contributed by atoms with E-state index in [4.69, 9.17) is 25.8 Å². The zero-order valence-corrected chi connectivity index (χ0v) is 16.0. The second-order valence-electron chi connectivity index (χ2n) is 6.14. The second-order valence-corrected chi connectivity index (χ2v) is 6.52. The molecule has 0 aromatic carbocycles. The lowest BCUT2D eigenvalue weighted by Gasteiger charge is -2.34. The molecule has 6 nitrogen and oxygen atoms in total. The molecule has 2 rings (SSSR count). The average molecular weight is 370 g/mol. The van der Waals surface area contributed by atoms with E-state index in [9.17, 15) is 5.53 Å². The molecular weight excluding hydrogens is 342 g/mol. The first-order chi connectivity index (χ1) is 12.2. The Morgan fingerprint density at radius 2 is 1.76 bits per heavy atom. The average Bonchev–Trinajstić information content (AvgIpc) is 2.64. The Morgan fingerprint density at radius 3 is 2.36 bits per heavy atom. The predicted octanol–water partition coefficient (Wildman–Crippen LogP) is 3.69. The fraction of sp³-hybridized carbons (Fsp3) is 0.722. The van der Waals surface area contributed by atoms with E-state index in [0.717, 1.165) is 50.2 Å². The van der Waals surface area contributed by atoms with E-state index in [2.05, 4.69) is 23.5 Å². The topological polar surface area (TPSA) is 67.3 Å². The van der Waals surface area contributed by atoms with E-state index >= 15 is 0 Å². The summed E-state index contributed by atoms with van der Waals surface area (Å²) in [4.78, 5) is 5.58. The third kappa shape index (κ3) is 5.24. The van der Waals surface area contributed by atoms with Gasteiger partial charge in [0.15, 0.2) is 0 Å². The van der Waals surface area contributed by atoms with Crippen molar-refractivity contribution in [3.63, 3.8) is 0 Å². The van der Waals surface area contributed by atoms with Gasteiger partial charge in [-0.15, -0.1) is 0 Å². The minimum atomic E-state index is 0.380. The van der Waals surface area contributed by atoms with E-state index in [1.807, 2.05) is 0 Å². The summed E-state index contributed by atoms with van der Waals surface area (Å²) in [6, 6.07) is 0. The van der Waals surface area contributed by atoms with Crippen molar-refractivity contribution in [1.29, 1.82) is 0 Å². The van der Waals surface area contributed by atoms with Gasteiger partial charge < -0.3 is 24.6 Å². The zero-order chi connectivity index (χ0) is 18.1. The molecule has 1 saturated heterocycles. The molecule has 1 aliphatic heterocycles. The van der Waals surface area contributed by atoms with Gasteiger partial charge in [-0.05, 0) is 12.8 Å². The van der Waals surface area contributed by atoms with Crippen LogP contribution < -0.4 is 0 Å². The molecular formula is C18H28ClN3O3. The zero-order valence-electron chi connectivity index (χ0n) is 15.2. The monoisotopic (exact) mass is 369 g/mol. The van der Waals surface area contributed by atoms with Gasteiger partial charge in [0, 0.05) is 13.1 Å². The summed E-state index contributed by atoms with van der Waals surface area (Å²) in [7, 11) is 0. The highest BCUT2D eigenvalue weighted by molar-refractivity contribution is 6.34. The third-order valence-corrected chi connectivity index (χ3v) is 4.58. The third-order valence-electron chi connectivity index (χ3n) is 4.23. The van der Waals surface area contributed by atoms with Crippen molar-refractivity contribution in [3.05, 3.63) is 27.8 Å². The van der Waals surface area contributed by atoms with Crippen LogP contribution >= 0.6 is 11.6 Å². The lowest BCUT2D eigenvalue weighted by atomic mass is 10.0. The van der Waals surface area contributed by atoms with Crippen LogP contribution in [-0.2, 0) is 14.2 Å². The Morgan fingerprint density at radius 1 is 1.12 bits per heavy atom. The van der Waals surface area contributed by atoms with E-state index in [1.54, 1.807) is 0 Å². The van der Waals surface area contributed by atoms with Crippen molar-refractivity contribution in [3.8, 4) is 0 Å². The van der Waals surface area contributed by atoms with Gasteiger partial charge in [0.25, 0.3) is 0 Å². The fourth-order valence-corrected chi connectivity index (χ4v) is 3.17. The minimum absolute atomic E-state index is 0.380. The molecule has 0 bridgehead atoms. The predicted molar refractivity (Wildman–Crippen MR) is 97.3 cm³/mol. The largest absolute Gasteiger partial charge is 0.495 e. The minimum Gasteiger partial charge on any atom is -0.495 e. The van der Waals surface area contributed by atoms with Gasteiger partial charge in [-0.1, -0.05) is 38.3 Å². The van der Waals surface area contributed by atoms with Crippen molar-refractivity contribution in [2.45, 2.75) is 46.0 Å². The summed E-state index contributed by atoms with van der Waals surface area (Å²) in [6.07, 6.45) is 4.34. The van der Waals surface area contributed by atoms with Crippen LogP contribution in [0, 0.1) is 0 Å². The Bertz CT molecular complexity index is 562. The molecule has 1 aliphatic carbocycles. The second kappa shape index (κ2) is 10.5. The summed E-state index contributed by atoms with van der Waals surface area (Å²) >= 11 is 6.68. The van der Waals surface area contributed by atoms with Crippen molar-refractivity contribution in [2.24, 2.45) is 0 Å². The number of rotatable bonds is 9. The van der Waals surface area contributed by atoms with Crippen LogP contribution in [0.2, 0.25) is 0 Å². The van der Waals surface area contributed by atoms with E-state index in [0.29, 0.717) is 49.4 Å². The van der Waals surface area contributed by atoms with Gasteiger partial charge in [-0.2, -0.15) is 4.79 Å². The Kier molecular flexibility index (Phi) is 8.32. The maximum absolute atomic E-state index is 9.43. The molecule has 0 aromatic heterocycles. The molecule has 0 atom stereocenters. The van der Waals surface area contributed by atoms with Crippen molar-refractivity contribution >= 4 is 17.3 Å². The van der Waals surface area contributed by atoms with Gasteiger partial charge in [0.05, 0.1) is 32.1 Å². The van der Waals surface area contributed by atoms with Crippen molar-refractivity contribution in [1.82, 2.24) is 4.90 Å². The Labute approximate surface area is 155 Å². The quantitative estimate of drug-likeness (QED) is 0.353. The molecule has 0 N–H and O–H groups in total. The lowest BCUT2D eigenvalue weighted by Crippen LogP contribution is -2.38. The summed E-state index contributed by atoms with van der Waals surface area (Å²) in [5.74, 6) is 1.21. The maximum Gasteiger partial charge on any atom is 0.342 e. The molecule has 140 valence electrons. The Balaban J connectivity index is 2.32. The van der Waals surface area contributed by atoms with Crippen molar-refractivity contribution < 1.29 is 19.0 Å². The number of allylic oxidation sites excluding steroid dienone is 3. The molecule has 0 unspecified atom stereocenters.